The van der Waals surface area contributed by atoms with Crippen LogP contribution in [0.1, 0.15) is 32.5 Å². The normalized spacial score (nSPS) is 10.8. The zero-order valence-corrected chi connectivity index (χ0v) is 8.76. The van der Waals surface area contributed by atoms with Crippen LogP contribution in [0.2, 0.25) is 0 Å². The summed E-state index contributed by atoms with van der Waals surface area (Å²) in [6.07, 6.45) is 0. The topological polar surface area (TPSA) is 55.9 Å². The van der Waals surface area contributed by atoms with Gasteiger partial charge in [0, 0.05) is 12.6 Å². The van der Waals surface area contributed by atoms with E-state index in [1.165, 1.54) is 0 Å². The number of aromatic nitrogens is 2. The standard InChI is InChI=1S/C9H18N4/c1-5-11-9-8(10)7(4)12-13(9)6(2)3/h6,11H,5,10H2,1-4H3. The molecule has 0 atom stereocenters. The summed E-state index contributed by atoms with van der Waals surface area (Å²) in [4.78, 5) is 0. The fraction of sp³-hybridized carbons (Fsp3) is 0.667. The number of rotatable bonds is 3. The molecule has 1 aromatic rings. The number of hydrogen-bond donors (Lipinski definition) is 2. The average Bonchev–Trinajstić information content (AvgIpc) is 2.33. The monoisotopic (exact) mass is 182 g/mol. The lowest BCUT2D eigenvalue weighted by Gasteiger charge is -2.11. The zero-order valence-electron chi connectivity index (χ0n) is 8.76. The van der Waals surface area contributed by atoms with Gasteiger partial charge in [0.25, 0.3) is 0 Å². The van der Waals surface area contributed by atoms with E-state index in [1.54, 1.807) is 0 Å². The van der Waals surface area contributed by atoms with Gasteiger partial charge in [-0.05, 0) is 27.7 Å². The van der Waals surface area contributed by atoms with Gasteiger partial charge in [-0.1, -0.05) is 0 Å². The maximum Gasteiger partial charge on any atom is 0.148 e. The molecule has 0 aliphatic heterocycles. The third-order valence-corrected chi connectivity index (χ3v) is 1.97. The first-order valence-corrected chi connectivity index (χ1v) is 4.66. The molecule has 13 heavy (non-hydrogen) atoms. The predicted molar refractivity (Wildman–Crippen MR) is 55.9 cm³/mol. The molecule has 0 saturated carbocycles. The first kappa shape index (κ1) is 9.89. The van der Waals surface area contributed by atoms with Crippen molar-refractivity contribution in [2.24, 2.45) is 0 Å². The number of anilines is 2. The Labute approximate surface area is 79.1 Å². The van der Waals surface area contributed by atoms with E-state index in [1.807, 2.05) is 18.5 Å². The second-order valence-corrected chi connectivity index (χ2v) is 3.42. The van der Waals surface area contributed by atoms with Crippen molar-refractivity contribution in [1.82, 2.24) is 9.78 Å². The van der Waals surface area contributed by atoms with Gasteiger partial charge in [0.2, 0.25) is 0 Å². The van der Waals surface area contributed by atoms with Crippen molar-refractivity contribution in [1.29, 1.82) is 0 Å². The molecule has 0 aliphatic rings. The van der Waals surface area contributed by atoms with Gasteiger partial charge in [-0.2, -0.15) is 5.10 Å². The van der Waals surface area contributed by atoms with Crippen molar-refractivity contribution >= 4 is 11.5 Å². The number of hydrogen-bond acceptors (Lipinski definition) is 3. The van der Waals surface area contributed by atoms with Gasteiger partial charge in [0.15, 0.2) is 0 Å². The summed E-state index contributed by atoms with van der Waals surface area (Å²) in [6.45, 7) is 9.02. The molecule has 4 heteroatoms. The van der Waals surface area contributed by atoms with E-state index >= 15 is 0 Å². The number of nitrogens with two attached hydrogens (primary N) is 1. The highest BCUT2D eigenvalue weighted by atomic mass is 15.4. The van der Waals surface area contributed by atoms with Crippen LogP contribution in [0.5, 0.6) is 0 Å². The Morgan fingerprint density at radius 2 is 2.15 bits per heavy atom. The van der Waals surface area contributed by atoms with E-state index < -0.39 is 0 Å². The summed E-state index contributed by atoms with van der Waals surface area (Å²) >= 11 is 0. The van der Waals surface area contributed by atoms with Crippen molar-refractivity contribution in [3.63, 3.8) is 0 Å². The SMILES string of the molecule is CCNc1c(N)c(C)nn1C(C)C. The molecular weight excluding hydrogens is 164 g/mol. The summed E-state index contributed by atoms with van der Waals surface area (Å²) < 4.78 is 1.92. The highest BCUT2D eigenvalue weighted by Crippen LogP contribution is 2.24. The number of nitrogens with zero attached hydrogens (tertiary/aromatic N) is 2. The largest absolute Gasteiger partial charge is 0.394 e. The van der Waals surface area contributed by atoms with Crippen molar-refractivity contribution in [3.8, 4) is 0 Å². The van der Waals surface area contributed by atoms with Crippen LogP contribution in [0.15, 0.2) is 0 Å². The molecule has 0 aliphatic carbocycles. The third-order valence-electron chi connectivity index (χ3n) is 1.97. The van der Waals surface area contributed by atoms with Gasteiger partial charge in [0.1, 0.15) is 5.82 Å². The first-order chi connectivity index (χ1) is 6.07. The Morgan fingerprint density at radius 1 is 1.54 bits per heavy atom. The molecule has 3 N–H and O–H groups in total. The smallest absolute Gasteiger partial charge is 0.148 e. The number of aryl methyl sites for hydroxylation is 1. The molecule has 1 aromatic heterocycles. The Balaban J connectivity index is 3.11. The molecule has 4 nitrogen and oxygen atoms in total. The second-order valence-electron chi connectivity index (χ2n) is 3.42. The Kier molecular flexibility index (Phi) is 2.80. The molecule has 0 unspecified atom stereocenters. The van der Waals surface area contributed by atoms with Crippen LogP contribution in [-0.2, 0) is 0 Å². The van der Waals surface area contributed by atoms with Crippen LogP contribution >= 0.6 is 0 Å². The fourth-order valence-electron chi connectivity index (χ4n) is 1.28. The molecular formula is C9H18N4. The highest BCUT2D eigenvalue weighted by Gasteiger charge is 2.12. The summed E-state index contributed by atoms with van der Waals surface area (Å²) in [7, 11) is 0. The maximum atomic E-state index is 5.88. The molecule has 0 radical (unpaired) electrons. The minimum Gasteiger partial charge on any atom is -0.394 e. The average molecular weight is 182 g/mol. The quantitative estimate of drug-likeness (QED) is 0.749. The van der Waals surface area contributed by atoms with E-state index in [2.05, 4.69) is 24.3 Å². The van der Waals surface area contributed by atoms with E-state index in [-0.39, 0.29) is 0 Å². The van der Waals surface area contributed by atoms with Gasteiger partial charge >= 0.3 is 0 Å². The summed E-state index contributed by atoms with van der Waals surface area (Å²) in [5, 5.41) is 7.58. The Bertz CT molecular complexity index is 288. The van der Waals surface area contributed by atoms with Gasteiger partial charge in [0.05, 0.1) is 11.4 Å². The molecule has 0 saturated heterocycles. The van der Waals surface area contributed by atoms with E-state index in [0.717, 1.165) is 23.7 Å². The summed E-state index contributed by atoms with van der Waals surface area (Å²) in [5.41, 5.74) is 7.53. The lowest BCUT2D eigenvalue weighted by Crippen LogP contribution is -2.10. The van der Waals surface area contributed by atoms with Crippen LogP contribution < -0.4 is 11.1 Å². The van der Waals surface area contributed by atoms with Crippen molar-refractivity contribution < 1.29 is 0 Å². The minimum absolute atomic E-state index is 0.338. The third kappa shape index (κ3) is 1.76. The van der Waals surface area contributed by atoms with Crippen molar-refractivity contribution in [3.05, 3.63) is 5.69 Å². The van der Waals surface area contributed by atoms with Crippen LogP contribution in [0.25, 0.3) is 0 Å². The molecule has 0 spiro atoms. The fourth-order valence-corrected chi connectivity index (χ4v) is 1.28. The Morgan fingerprint density at radius 3 is 2.62 bits per heavy atom. The molecule has 0 fully saturated rings. The lowest BCUT2D eigenvalue weighted by molar-refractivity contribution is 0.534. The zero-order chi connectivity index (χ0) is 10.0. The molecule has 0 bridgehead atoms. The maximum absolute atomic E-state index is 5.88. The molecule has 0 aromatic carbocycles. The van der Waals surface area contributed by atoms with Crippen LogP contribution in [0, 0.1) is 6.92 Å². The van der Waals surface area contributed by atoms with E-state index in [9.17, 15) is 0 Å². The predicted octanol–water partition coefficient (Wildman–Crippen LogP) is 1.79. The van der Waals surface area contributed by atoms with Crippen LogP contribution in [0.4, 0.5) is 11.5 Å². The summed E-state index contributed by atoms with van der Waals surface area (Å²) in [5.74, 6) is 0.940. The first-order valence-electron chi connectivity index (χ1n) is 4.66. The Hall–Kier alpha value is -1.19. The molecule has 1 rings (SSSR count). The summed E-state index contributed by atoms with van der Waals surface area (Å²) in [6, 6.07) is 0.338. The van der Waals surface area contributed by atoms with Gasteiger partial charge in [-0.3, -0.25) is 0 Å². The molecule has 0 amide bonds. The van der Waals surface area contributed by atoms with E-state index in [0.29, 0.717) is 6.04 Å². The van der Waals surface area contributed by atoms with E-state index in [4.69, 9.17) is 5.73 Å². The highest BCUT2D eigenvalue weighted by molar-refractivity contribution is 5.64. The second kappa shape index (κ2) is 3.68. The molecule has 1 heterocycles. The van der Waals surface area contributed by atoms with Crippen molar-refractivity contribution in [2.75, 3.05) is 17.6 Å². The van der Waals surface area contributed by atoms with Gasteiger partial charge in [-0.15, -0.1) is 0 Å². The lowest BCUT2D eigenvalue weighted by atomic mass is 10.3. The number of nitrogen functional groups attached to an aromatic ring is 1. The molecule has 74 valence electrons. The minimum atomic E-state index is 0.338. The van der Waals surface area contributed by atoms with Crippen LogP contribution in [-0.4, -0.2) is 16.3 Å². The van der Waals surface area contributed by atoms with Gasteiger partial charge in [-0.25, -0.2) is 4.68 Å². The van der Waals surface area contributed by atoms with Gasteiger partial charge < -0.3 is 11.1 Å². The number of nitrogens with one attached hydrogen (secondary N) is 1. The van der Waals surface area contributed by atoms with Crippen LogP contribution in [0.3, 0.4) is 0 Å². The van der Waals surface area contributed by atoms with Crippen molar-refractivity contribution in [2.45, 2.75) is 33.7 Å².